The Morgan fingerprint density at radius 1 is 1.00 bits per heavy atom. The van der Waals surface area contributed by atoms with Crippen molar-refractivity contribution in [3.8, 4) is 0 Å². The maximum absolute atomic E-state index is 11.7. The molecule has 0 radical (unpaired) electrons. The van der Waals surface area contributed by atoms with E-state index in [1.165, 1.54) is 12.8 Å². The molecule has 26 heavy (non-hydrogen) atoms. The molecule has 0 aliphatic heterocycles. The fourth-order valence-electron chi connectivity index (χ4n) is 4.58. The van der Waals surface area contributed by atoms with Crippen molar-refractivity contribution in [1.29, 1.82) is 0 Å². The molecule has 0 spiro atoms. The van der Waals surface area contributed by atoms with Gasteiger partial charge >= 0.3 is 11.9 Å². The van der Waals surface area contributed by atoms with Crippen LogP contribution in [-0.4, -0.2) is 24.1 Å². The molecule has 2 rings (SSSR count). The average molecular weight is 365 g/mol. The van der Waals surface area contributed by atoms with Crippen molar-refractivity contribution < 1.29 is 19.1 Å². The van der Waals surface area contributed by atoms with Gasteiger partial charge in [-0.1, -0.05) is 13.5 Å². The summed E-state index contributed by atoms with van der Waals surface area (Å²) < 4.78 is 11.1. The molecule has 0 aromatic rings. The summed E-state index contributed by atoms with van der Waals surface area (Å²) in [6.45, 7) is 9.41. The van der Waals surface area contributed by atoms with Gasteiger partial charge in [-0.15, -0.1) is 0 Å². The number of esters is 2. The molecule has 0 aromatic heterocycles. The summed E-state index contributed by atoms with van der Waals surface area (Å²) in [4.78, 5) is 23.3. The van der Waals surface area contributed by atoms with Crippen LogP contribution in [0.25, 0.3) is 0 Å². The second-order valence-electron chi connectivity index (χ2n) is 8.34. The van der Waals surface area contributed by atoms with Crippen molar-refractivity contribution >= 4 is 11.9 Å². The van der Waals surface area contributed by atoms with Crippen LogP contribution >= 0.6 is 0 Å². The molecular weight excluding hydrogens is 328 g/mol. The summed E-state index contributed by atoms with van der Waals surface area (Å²) >= 11 is 0. The highest BCUT2D eigenvalue weighted by molar-refractivity contribution is 5.87. The molecule has 4 heteroatoms. The summed E-state index contributed by atoms with van der Waals surface area (Å²) in [7, 11) is 0. The Morgan fingerprint density at radius 2 is 1.54 bits per heavy atom. The third-order valence-electron chi connectivity index (χ3n) is 6.26. The number of rotatable bonds is 7. The SMILES string of the molecule is C=C(C)C(=O)OC1CCC(C2CCC(C(C)OC(=O)CCC)CC2)CC1. The first-order valence-electron chi connectivity index (χ1n) is 10.5. The van der Waals surface area contributed by atoms with Crippen LogP contribution in [0.1, 0.15) is 85.0 Å². The molecule has 148 valence electrons. The van der Waals surface area contributed by atoms with Crippen LogP contribution in [0.3, 0.4) is 0 Å². The number of carbonyl (C=O) groups excluding carboxylic acids is 2. The topological polar surface area (TPSA) is 52.6 Å². The van der Waals surface area contributed by atoms with E-state index in [1.54, 1.807) is 6.92 Å². The van der Waals surface area contributed by atoms with E-state index < -0.39 is 0 Å². The largest absolute Gasteiger partial charge is 0.462 e. The molecule has 4 nitrogen and oxygen atoms in total. The Hall–Kier alpha value is -1.32. The molecule has 0 heterocycles. The van der Waals surface area contributed by atoms with E-state index >= 15 is 0 Å². The summed E-state index contributed by atoms with van der Waals surface area (Å²) in [6.07, 6.45) is 10.6. The molecule has 0 N–H and O–H groups in total. The highest BCUT2D eigenvalue weighted by atomic mass is 16.5. The van der Waals surface area contributed by atoms with Gasteiger partial charge in [0, 0.05) is 12.0 Å². The smallest absolute Gasteiger partial charge is 0.333 e. The Bertz CT molecular complexity index is 482. The molecular formula is C22H36O4. The quantitative estimate of drug-likeness (QED) is 0.460. The van der Waals surface area contributed by atoms with Gasteiger partial charge in [0.1, 0.15) is 12.2 Å². The normalized spacial score (nSPS) is 30.3. The van der Waals surface area contributed by atoms with Crippen molar-refractivity contribution in [3.05, 3.63) is 12.2 Å². The molecule has 0 saturated heterocycles. The maximum Gasteiger partial charge on any atom is 0.333 e. The van der Waals surface area contributed by atoms with Crippen LogP contribution in [0.4, 0.5) is 0 Å². The van der Waals surface area contributed by atoms with E-state index in [9.17, 15) is 9.59 Å². The zero-order chi connectivity index (χ0) is 19.1. The van der Waals surface area contributed by atoms with Crippen LogP contribution < -0.4 is 0 Å². The molecule has 0 amide bonds. The lowest BCUT2D eigenvalue weighted by atomic mass is 9.70. The van der Waals surface area contributed by atoms with Gasteiger partial charge in [0.15, 0.2) is 0 Å². The lowest BCUT2D eigenvalue weighted by molar-refractivity contribution is -0.151. The lowest BCUT2D eigenvalue weighted by Gasteiger charge is -2.38. The molecule has 2 aliphatic rings. The Labute approximate surface area is 158 Å². The van der Waals surface area contributed by atoms with E-state index in [0.29, 0.717) is 17.9 Å². The monoisotopic (exact) mass is 364 g/mol. The predicted molar refractivity (Wildman–Crippen MR) is 103 cm³/mol. The number of hydrogen-bond donors (Lipinski definition) is 0. The summed E-state index contributed by atoms with van der Waals surface area (Å²) in [5.74, 6) is 1.75. The zero-order valence-corrected chi connectivity index (χ0v) is 16.8. The second-order valence-corrected chi connectivity index (χ2v) is 8.34. The minimum atomic E-state index is -0.249. The molecule has 1 unspecified atom stereocenters. The van der Waals surface area contributed by atoms with Crippen molar-refractivity contribution in [3.63, 3.8) is 0 Å². The van der Waals surface area contributed by atoms with Gasteiger partial charge in [0.2, 0.25) is 0 Å². The second kappa shape index (κ2) is 10.1. The lowest BCUT2D eigenvalue weighted by Crippen LogP contribution is -2.32. The van der Waals surface area contributed by atoms with Crippen LogP contribution in [0, 0.1) is 17.8 Å². The summed E-state index contributed by atoms with van der Waals surface area (Å²) in [5, 5.41) is 0. The highest BCUT2D eigenvalue weighted by Gasteiger charge is 2.34. The van der Waals surface area contributed by atoms with Gasteiger partial charge in [-0.3, -0.25) is 4.79 Å². The molecule has 1 atom stereocenters. The molecule has 0 bridgehead atoms. The predicted octanol–water partition coefficient (Wildman–Crippen LogP) is 5.20. The fraction of sp³-hybridized carbons (Fsp3) is 0.818. The first-order valence-corrected chi connectivity index (χ1v) is 10.5. The third kappa shape index (κ3) is 6.14. The molecule has 2 saturated carbocycles. The van der Waals surface area contributed by atoms with Gasteiger partial charge < -0.3 is 9.47 Å². The van der Waals surface area contributed by atoms with E-state index in [0.717, 1.165) is 56.8 Å². The Balaban J connectivity index is 1.69. The van der Waals surface area contributed by atoms with E-state index in [1.807, 2.05) is 6.92 Å². The molecule has 2 fully saturated rings. The molecule has 0 aromatic carbocycles. The van der Waals surface area contributed by atoms with Crippen LogP contribution in [0.5, 0.6) is 0 Å². The van der Waals surface area contributed by atoms with Gasteiger partial charge in [-0.25, -0.2) is 4.79 Å². The van der Waals surface area contributed by atoms with Crippen molar-refractivity contribution in [2.75, 3.05) is 0 Å². The number of hydrogen-bond acceptors (Lipinski definition) is 4. The van der Waals surface area contributed by atoms with Crippen molar-refractivity contribution in [1.82, 2.24) is 0 Å². The van der Waals surface area contributed by atoms with E-state index in [-0.39, 0.29) is 24.1 Å². The standard InChI is InChI=1S/C22H36O4/c1-5-6-21(23)25-16(4)17-7-9-18(10-8-17)19-11-13-20(14-12-19)26-22(24)15(2)3/h16-20H,2,5-14H2,1,3-4H3. The van der Waals surface area contributed by atoms with Gasteiger partial charge in [-0.2, -0.15) is 0 Å². The van der Waals surface area contributed by atoms with E-state index in [4.69, 9.17) is 9.47 Å². The first-order chi connectivity index (χ1) is 12.4. The van der Waals surface area contributed by atoms with Crippen molar-refractivity contribution in [2.24, 2.45) is 17.8 Å². The third-order valence-corrected chi connectivity index (χ3v) is 6.26. The summed E-state index contributed by atoms with van der Waals surface area (Å²) in [6, 6.07) is 0. The van der Waals surface area contributed by atoms with Gasteiger partial charge in [0.25, 0.3) is 0 Å². The Kier molecular flexibility index (Phi) is 8.17. The minimum absolute atomic E-state index is 0.0484. The zero-order valence-electron chi connectivity index (χ0n) is 16.8. The summed E-state index contributed by atoms with van der Waals surface area (Å²) in [5.41, 5.74) is 0.485. The Morgan fingerprint density at radius 3 is 2.04 bits per heavy atom. The highest BCUT2D eigenvalue weighted by Crippen LogP contribution is 2.41. The number of carbonyl (C=O) groups is 2. The molecule has 2 aliphatic carbocycles. The van der Waals surface area contributed by atoms with Gasteiger partial charge in [-0.05, 0) is 89.4 Å². The maximum atomic E-state index is 11.7. The van der Waals surface area contributed by atoms with Crippen LogP contribution in [0.2, 0.25) is 0 Å². The van der Waals surface area contributed by atoms with Crippen LogP contribution in [0.15, 0.2) is 12.2 Å². The average Bonchev–Trinajstić information content (AvgIpc) is 2.62. The van der Waals surface area contributed by atoms with Gasteiger partial charge in [0.05, 0.1) is 0 Å². The first kappa shape index (κ1) is 21.0. The fourth-order valence-corrected chi connectivity index (χ4v) is 4.58. The van der Waals surface area contributed by atoms with Crippen LogP contribution in [-0.2, 0) is 19.1 Å². The minimum Gasteiger partial charge on any atom is -0.462 e. The number of ether oxygens (including phenoxy) is 2. The van der Waals surface area contributed by atoms with Crippen molar-refractivity contribution in [2.45, 2.75) is 97.2 Å². The van der Waals surface area contributed by atoms with E-state index in [2.05, 4.69) is 13.5 Å².